The maximum absolute atomic E-state index is 13.6. The van der Waals surface area contributed by atoms with Crippen molar-refractivity contribution in [2.75, 3.05) is 6.54 Å². The number of hydrogen-bond donors (Lipinski definition) is 0. The average Bonchev–Trinajstić information content (AvgIpc) is 3.45. The maximum Gasteiger partial charge on any atom is 0.271 e. The number of imide groups is 1. The van der Waals surface area contributed by atoms with E-state index in [1.807, 2.05) is 91.1 Å². The first kappa shape index (κ1) is 29.6. The zero-order valence-corrected chi connectivity index (χ0v) is 24.8. The highest BCUT2D eigenvalue weighted by Crippen LogP contribution is 2.32. The number of carbonyl (C=O) groups excluding carboxylic acids is 2. The van der Waals surface area contributed by atoms with Gasteiger partial charge in [-0.15, -0.1) is 0 Å². The molecule has 0 N–H and O–H groups in total. The van der Waals surface area contributed by atoms with Gasteiger partial charge in [0.05, 0.1) is 11.4 Å². The molecule has 0 spiro atoms. The van der Waals surface area contributed by atoms with Crippen molar-refractivity contribution in [3.8, 4) is 28.8 Å². The van der Waals surface area contributed by atoms with E-state index in [1.165, 1.54) is 4.90 Å². The van der Waals surface area contributed by atoms with Gasteiger partial charge in [0.15, 0.2) is 0 Å². The predicted octanol–water partition coefficient (Wildman–Crippen LogP) is 7.55. The van der Waals surface area contributed by atoms with Crippen LogP contribution in [0.1, 0.15) is 44.2 Å². The molecular weight excluding hydrogens is 560 g/mol. The molecule has 4 aromatic rings. The third-order valence-electron chi connectivity index (χ3n) is 7.32. The Bertz CT molecular complexity index is 1730. The van der Waals surface area contributed by atoms with E-state index in [1.54, 1.807) is 17.7 Å². The molecule has 5 rings (SSSR count). The number of nitriles is 1. The molecule has 1 aromatic heterocycles. The first-order valence-corrected chi connectivity index (χ1v) is 14.6. The van der Waals surface area contributed by atoms with Crippen molar-refractivity contribution in [1.29, 1.82) is 5.26 Å². The van der Waals surface area contributed by atoms with Gasteiger partial charge in [-0.2, -0.15) is 10.4 Å². The Hall–Kier alpha value is -4.93. The molecule has 216 valence electrons. The fraction of sp³-hybridized carbons (Fsp3) is 0.200. The van der Waals surface area contributed by atoms with Crippen LogP contribution in [-0.4, -0.2) is 33.0 Å². The fourth-order valence-electron chi connectivity index (χ4n) is 4.89. The molecule has 0 unspecified atom stereocenters. The Kier molecular flexibility index (Phi) is 9.19. The second-order valence-corrected chi connectivity index (χ2v) is 10.7. The summed E-state index contributed by atoms with van der Waals surface area (Å²) in [4.78, 5) is 27.8. The van der Waals surface area contributed by atoms with E-state index in [4.69, 9.17) is 21.4 Å². The minimum Gasteiger partial charge on any atom is -0.489 e. The standard InChI is InChI=1S/C35H31ClN4O3/c1-3-4-8-19-39-34(41)31(24(2)32(21-37)35(39)42)20-27-22-40(29-9-6-5-7-10-29)38-33(27)26-13-17-30(18-14-26)43-23-25-11-15-28(36)16-12-25/h5-7,9-18,20,22H,3-4,8,19,23H2,1-2H3/b31-20-. The molecule has 3 aromatic carbocycles. The highest BCUT2D eigenvalue weighted by molar-refractivity contribution is 6.30. The number of nitrogens with zero attached hydrogens (tertiary/aromatic N) is 4. The molecule has 0 aliphatic carbocycles. The molecule has 7 nitrogen and oxygen atoms in total. The van der Waals surface area contributed by atoms with Crippen LogP contribution in [0.3, 0.4) is 0 Å². The van der Waals surface area contributed by atoms with Crippen LogP contribution >= 0.6 is 11.6 Å². The van der Waals surface area contributed by atoms with Gasteiger partial charge < -0.3 is 4.74 Å². The van der Waals surface area contributed by atoms with E-state index >= 15 is 0 Å². The minimum absolute atomic E-state index is 0.0125. The number of amides is 2. The van der Waals surface area contributed by atoms with Crippen molar-refractivity contribution in [2.45, 2.75) is 39.7 Å². The summed E-state index contributed by atoms with van der Waals surface area (Å²) in [5, 5.41) is 15.4. The highest BCUT2D eigenvalue weighted by Gasteiger charge is 2.35. The molecule has 1 aliphatic rings. The van der Waals surface area contributed by atoms with Gasteiger partial charge in [0.25, 0.3) is 11.8 Å². The van der Waals surface area contributed by atoms with Crippen LogP contribution in [0.4, 0.5) is 0 Å². The van der Waals surface area contributed by atoms with E-state index < -0.39 is 11.8 Å². The lowest BCUT2D eigenvalue weighted by Crippen LogP contribution is -2.43. The largest absolute Gasteiger partial charge is 0.489 e. The Balaban J connectivity index is 1.52. The number of aromatic nitrogens is 2. The molecule has 2 amide bonds. The van der Waals surface area contributed by atoms with Crippen LogP contribution in [0, 0.1) is 11.3 Å². The van der Waals surface area contributed by atoms with E-state index in [2.05, 4.69) is 6.92 Å². The van der Waals surface area contributed by atoms with Gasteiger partial charge in [-0.05, 0) is 79.1 Å². The average molecular weight is 591 g/mol. The SMILES string of the molecule is CCCCCN1C(=O)C(C#N)=C(C)/C(=C/c2cn(-c3ccccc3)nc2-c2ccc(OCc3ccc(Cl)cc3)cc2)C1=O. The van der Waals surface area contributed by atoms with Crippen molar-refractivity contribution < 1.29 is 14.3 Å². The van der Waals surface area contributed by atoms with Crippen molar-refractivity contribution >= 4 is 29.5 Å². The van der Waals surface area contributed by atoms with Crippen LogP contribution in [0.2, 0.25) is 5.02 Å². The molecular formula is C35H31ClN4O3. The molecule has 0 saturated heterocycles. The number of para-hydroxylation sites is 1. The normalized spacial score (nSPS) is 14.4. The summed E-state index contributed by atoms with van der Waals surface area (Å²) in [6.07, 6.45) is 6.11. The van der Waals surface area contributed by atoms with Crippen molar-refractivity contribution in [2.24, 2.45) is 0 Å². The van der Waals surface area contributed by atoms with Gasteiger partial charge >= 0.3 is 0 Å². The zero-order valence-electron chi connectivity index (χ0n) is 24.1. The smallest absolute Gasteiger partial charge is 0.271 e. The van der Waals surface area contributed by atoms with Gasteiger partial charge in [-0.25, -0.2) is 4.68 Å². The third kappa shape index (κ3) is 6.61. The summed E-state index contributed by atoms with van der Waals surface area (Å²) in [5.74, 6) is -0.239. The summed E-state index contributed by atoms with van der Waals surface area (Å²) in [5.41, 5.74) is 4.67. The lowest BCUT2D eigenvalue weighted by atomic mass is 9.93. The van der Waals surface area contributed by atoms with E-state index in [9.17, 15) is 14.9 Å². The van der Waals surface area contributed by atoms with Gasteiger partial charge in [0.1, 0.15) is 24.0 Å². The van der Waals surface area contributed by atoms with Crippen molar-refractivity contribution in [3.05, 3.63) is 118 Å². The van der Waals surface area contributed by atoms with Crippen LogP contribution in [-0.2, 0) is 16.2 Å². The summed E-state index contributed by atoms with van der Waals surface area (Å²) < 4.78 is 7.72. The number of ether oxygens (including phenoxy) is 1. The quantitative estimate of drug-likeness (QED) is 0.108. The van der Waals surface area contributed by atoms with Crippen molar-refractivity contribution in [1.82, 2.24) is 14.7 Å². The first-order chi connectivity index (χ1) is 20.9. The first-order valence-electron chi connectivity index (χ1n) is 14.2. The summed E-state index contributed by atoms with van der Waals surface area (Å²) in [6.45, 7) is 4.38. The summed E-state index contributed by atoms with van der Waals surface area (Å²) in [7, 11) is 0. The third-order valence-corrected chi connectivity index (χ3v) is 7.57. The molecule has 43 heavy (non-hydrogen) atoms. The molecule has 0 atom stereocenters. The molecule has 0 saturated carbocycles. The Morgan fingerprint density at radius 3 is 2.35 bits per heavy atom. The fourth-order valence-corrected chi connectivity index (χ4v) is 5.02. The van der Waals surface area contributed by atoms with Crippen molar-refractivity contribution in [3.63, 3.8) is 0 Å². The predicted molar refractivity (Wildman–Crippen MR) is 167 cm³/mol. The lowest BCUT2D eigenvalue weighted by Gasteiger charge is -2.27. The number of carbonyl (C=O) groups is 2. The molecule has 0 radical (unpaired) electrons. The number of halogens is 1. The topological polar surface area (TPSA) is 88.2 Å². The monoisotopic (exact) mass is 590 g/mol. The van der Waals surface area contributed by atoms with Crippen LogP contribution in [0.15, 0.2) is 102 Å². The van der Waals surface area contributed by atoms with E-state index in [-0.39, 0.29) is 12.1 Å². The maximum atomic E-state index is 13.6. The van der Waals surface area contributed by atoms with Gasteiger partial charge in [0, 0.05) is 34.5 Å². The molecule has 2 heterocycles. The summed E-state index contributed by atoms with van der Waals surface area (Å²) >= 11 is 5.98. The number of hydrogen-bond acceptors (Lipinski definition) is 5. The Morgan fingerprint density at radius 1 is 0.953 bits per heavy atom. The molecule has 0 bridgehead atoms. The highest BCUT2D eigenvalue weighted by atomic mass is 35.5. The van der Waals surface area contributed by atoms with E-state index in [0.29, 0.717) is 46.2 Å². The lowest BCUT2D eigenvalue weighted by molar-refractivity contribution is -0.140. The minimum atomic E-state index is -0.535. The second-order valence-electron chi connectivity index (χ2n) is 10.3. The van der Waals surface area contributed by atoms with E-state index in [0.717, 1.165) is 29.7 Å². The molecule has 8 heteroatoms. The second kappa shape index (κ2) is 13.4. The number of benzene rings is 3. The van der Waals surface area contributed by atoms with Gasteiger partial charge in [0.2, 0.25) is 0 Å². The Labute approximate surface area is 256 Å². The van der Waals surface area contributed by atoms with Crippen LogP contribution in [0.25, 0.3) is 23.0 Å². The van der Waals surface area contributed by atoms with Gasteiger partial charge in [-0.3, -0.25) is 14.5 Å². The Morgan fingerprint density at radius 2 is 1.67 bits per heavy atom. The number of unbranched alkanes of at least 4 members (excludes halogenated alkanes) is 2. The summed E-state index contributed by atoms with van der Waals surface area (Å²) in [6, 6.07) is 26.8. The molecule has 1 aliphatic heterocycles. The van der Waals surface area contributed by atoms with Crippen LogP contribution < -0.4 is 4.74 Å². The number of rotatable bonds is 10. The van der Waals surface area contributed by atoms with Gasteiger partial charge in [-0.1, -0.05) is 61.7 Å². The zero-order chi connectivity index (χ0) is 30.3. The van der Waals surface area contributed by atoms with Crippen LogP contribution in [0.5, 0.6) is 5.75 Å². The molecule has 0 fully saturated rings.